The van der Waals surface area contributed by atoms with Crippen molar-refractivity contribution in [3.8, 4) is 5.75 Å². The molecule has 0 fully saturated rings. The van der Waals surface area contributed by atoms with Gasteiger partial charge < -0.3 is 9.57 Å². The van der Waals surface area contributed by atoms with Crippen LogP contribution in [-0.2, 0) is 6.61 Å². The van der Waals surface area contributed by atoms with E-state index in [0.29, 0.717) is 23.3 Å². The lowest BCUT2D eigenvalue weighted by atomic mass is 10.2. The molecule has 0 amide bonds. The van der Waals surface area contributed by atoms with Crippen molar-refractivity contribution in [3.05, 3.63) is 76.6 Å². The number of hydrogen-bond donors (Lipinski definition) is 0. The van der Waals surface area contributed by atoms with Gasteiger partial charge in [0.15, 0.2) is 5.43 Å². The first-order valence-corrected chi connectivity index (χ1v) is 6.65. The van der Waals surface area contributed by atoms with Crippen LogP contribution in [0.2, 0.25) is 0 Å². The number of methoxy groups -OCH3 is 1. The molecule has 1 heterocycles. The molecule has 3 rings (SSSR count). The van der Waals surface area contributed by atoms with Crippen LogP contribution in [-0.4, -0.2) is 11.8 Å². The maximum Gasteiger partial charge on any atom is 0.193 e. The van der Waals surface area contributed by atoms with Gasteiger partial charge in [-0.3, -0.25) is 4.79 Å². The number of pyridine rings is 1. The minimum atomic E-state index is -0.0815. The molecule has 21 heavy (non-hydrogen) atoms. The van der Waals surface area contributed by atoms with E-state index in [2.05, 4.69) is 0 Å². The monoisotopic (exact) mass is 281 g/mol. The standard InChI is InChI=1S/C17H15NO3/c1-20-16-9-5-8-14-17(16)15(19)10-11-18(14)21-12-13-6-3-2-4-7-13/h2-11H,12H2,1H3. The van der Waals surface area contributed by atoms with Gasteiger partial charge >= 0.3 is 0 Å². The van der Waals surface area contributed by atoms with Crippen LogP contribution in [0, 0.1) is 0 Å². The highest BCUT2D eigenvalue weighted by atomic mass is 16.7. The summed E-state index contributed by atoms with van der Waals surface area (Å²) >= 11 is 0. The summed E-state index contributed by atoms with van der Waals surface area (Å²) in [4.78, 5) is 17.8. The molecule has 0 aliphatic rings. The van der Waals surface area contributed by atoms with E-state index in [0.717, 1.165) is 5.56 Å². The highest BCUT2D eigenvalue weighted by Crippen LogP contribution is 2.21. The molecule has 0 N–H and O–H groups in total. The number of hydrogen-bond acceptors (Lipinski definition) is 3. The molecule has 0 saturated heterocycles. The van der Waals surface area contributed by atoms with Gasteiger partial charge in [0.2, 0.25) is 0 Å². The highest BCUT2D eigenvalue weighted by Gasteiger charge is 2.08. The van der Waals surface area contributed by atoms with Crippen molar-refractivity contribution >= 4 is 10.9 Å². The Balaban J connectivity index is 2.00. The summed E-state index contributed by atoms with van der Waals surface area (Å²) in [6.45, 7) is 0.427. The Morgan fingerprint density at radius 2 is 1.81 bits per heavy atom. The summed E-state index contributed by atoms with van der Waals surface area (Å²) in [7, 11) is 1.55. The Bertz CT molecular complexity index is 809. The van der Waals surface area contributed by atoms with E-state index in [1.165, 1.54) is 6.07 Å². The molecule has 106 valence electrons. The zero-order valence-electron chi connectivity index (χ0n) is 11.7. The SMILES string of the molecule is COc1cccc2c1c(=O)ccn2OCc1ccccc1. The lowest BCUT2D eigenvalue weighted by Crippen LogP contribution is -2.16. The van der Waals surface area contributed by atoms with Crippen molar-refractivity contribution in [2.45, 2.75) is 6.61 Å². The number of fused-ring (bicyclic) bond motifs is 1. The largest absolute Gasteiger partial charge is 0.496 e. The molecule has 0 saturated carbocycles. The summed E-state index contributed by atoms with van der Waals surface area (Å²) in [6.07, 6.45) is 1.63. The van der Waals surface area contributed by atoms with Gasteiger partial charge in [0.1, 0.15) is 12.4 Å². The molecule has 0 aliphatic heterocycles. The number of aromatic nitrogens is 1. The molecule has 0 bridgehead atoms. The second-order valence-corrected chi connectivity index (χ2v) is 4.62. The summed E-state index contributed by atoms with van der Waals surface area (Å²) < 4.78 is 6.86. The van der Waals surface area contributed by atoms with Gasteiger partial charge in [0.25, 0.3) is 0 Å². The minimum Gasteiger partial charge on any atom is -0.496 e. The molecular formula is C17H15NO3. The minimum absolute atomic E-state index is 0.0815. The first-order valence-electron chi connectivity index (χ1n) is 6.65. The first-order chi connectivity index (χ1) is 10.3. The number of rotatable bonds is 4. The fourth-order valence-electron chi connectivity index (χ4n) is 2.25. The van der Waals surface area contributed by atoms with Crippen molar-refractivity contribution in [2.75, 3.05) is 7.11 Å². The summed E-state index contributed by atoms with van der Waals surface area (Å²) in [5.74, 6) is 0.551. The third-order valence-corrected chi connectivity index (χ3v) is 3.28. The molecule has 0 unspecified atom stereocenters. The zero-order chi connectivity index (χ0) is 14.7. The van der Waals surface area contributed by atoms with Crippen molar-refractivity contribution in [1.29, 1.82) is 0 Å². The Morgan fingerprint density at radius 1 is 1.00 bits per heavy atom. The van der Waals surface area contributed by atoms with Crippen molar-refractivity contribution in [3.63, 3.8) is 0 Å². The Hall–Kier alpha value is -2.75. The van der Waals surface area contributed by atoms with Crippen LogP contribution < -0.4 is 15.0 Å². The van der Waals surface area contributed by atoms with Gasteiger partial charge in [-0.1, -0.05) is 36.4 Å². The molecule has 3 aromatic rings. The summed E-state index contributed by atoms with van der Waals surface area (Å²) in [5, 5.41) is 0.524. The van der Waals surface area contributed by atoms with E-state index in [9.17, 15) is 4.79 Å². The predicted molar refractivity (Wildman–Crippen MR) is 81.5 cm³/mol. The van der Waals surface area contributed by atoms with Crippen molar-refractivity contribution in [1.82, 2.24) is 4.73 Å². The maximum absolute atomic E-state index is 12.0. The van der Waals surface area contributed by atoms with Crippen LogP contribution in [0.1, 0.15) is 5.56 Å². The molecular weight excluding hydrogens is 266 g/mol. The molecule has 0 spiro atoms. The van der Waals surface area contributed by atoms with E-state index in [1.807, 2.05) is 42.5 Å². The van der Waals surface area contributed by atoms with E-state index in [4.69, 9.17) is 9.57 Å². The molecule has 1 aromatic heterocycles. The van der Waals surface area contributed by atoms with Gasteiger partial charge in [-0.2, -0.15) is 4.73 Å². The zero-order valence-corrected chi connectivity index (χ0v) is 11.7. The third kappa shape index (κ3) is 2.60. The smallest absolute Gasteiger partial charge is 0.193 e. The first kappa shape index (κ1) is 13.2. The summed E-state index contributed by atoms with van der Waals surface area (Å²) in [6, 6.07) is 16.8. The second kappa shape index (κ2) is 5.71. The number of ether oxygens (including phenoxy) is 1. The van der Waals surface area contributed by atoms with Crippen LogP contribution in [0.4, 0.5) is 0 Å². The average molecular weight is 281 g/mol. The number of nitrogens with zero attached hydrogens (tertiary/aromatic N) is 1. The van der Waals surface area contributed by atoms with Gasteiger partial charge in [-0.15, -0.1) is 0 Å². The van der Waals surface area contributed by atoms with Crippen molar-refractivity contribution < 1.29 is 9.57 Å². The fourth-order valence-corrected chi connectivity index (χ4v) is 2.25. The Labute approximate surface area is 122 Å². The van der Waals surface area contributed by atoms with Crippen LogP contribution in [0.5, 0.6) is 5.75 Å². The normalized spacial score (nSPS) is 10.5. The molecule has 0 atom stereocenters. The molecule has 4 nitrogen and oxygen atoms in total. The van der Waals surface area contributed by atoms with E-state index < -0.39 is 0 Å². The fraction of sp³-hybridized carbons (Fsp3) is 0.118. The van der Waals surface area contributed by atoms with Crippen LogP contribution in [0.15, 0.2) is 65.6 Å². The van der Waals surface area contributed by atoms with Crippen LogP contribution in [0.3, 0.4) is 0 Å². The molecule has 0 aliphatic carbocycles. The average Bonchev–Trinajstić information content (AvgIpc) is 2.54. The van der Waals surface area contributed by atoms with Gasteiger partial charge in [-0.05, 0) is 17.7 Å². The van der Waals surface area contributed by atoms with Crippen LogP contribution >= 0.6 is 0 Å². The van der Waals surface area contributed by atoms with E-state index >= 15 is 0 Å². The molecule has 0 radical (unpaired) electrons. The summed E-state index contributed by atoms with van der Waals surface area (Å²) in [5.41, 5.74) is 1.67. The van der Waals surface area contributed by atoms with Gasteiger partial charge in [0.05, 0.1) is 18.0 Å². The molecule has 2 aromatic carbocycles. The predicted octanol–water partition coefficient (Wildman–Crippen LogP) is 2.64. The van der Waals surface area contributed by atoms with Gasteiger partial charge in [-0.25, -0.2) is 0 Å². The lowest BCUT2D eigenvalue weighted by Gasteiger charge is -2.13. The molecule has 4 heteroatoms. The highest BCUT2D eigenvalue weighted by molar-refractivity contribution is 5.85. The Kier molecular flexibility index (Phi) is 3.60. The Morgan fingerprint density at radius 3 is 2.57 bits per heavy atom. The van der Waals surface area contributed by atoms with E-state index in [-0.39, 0.29) is 5.43 Å². The maximum atomic E-state index is 12.0. The van der Waals surface area contributed by atoms with Crippen LogP contribution in [0.25, 0.3) is 10.9 Å². The quantitative estimate of drug-likeness (QED) is 0.738. The third-order valence-electron chi connectivity index (χ3n) is 3.28. The second-order valence-electron chi connectivity index (χ2n) is 4.62. The lowest BCUT2D eigenvalue weighted by molar-refractivity contribution is 0.106. The topological polar surface area (TPSA) is 40.5 Å². The van der Waals surface area contributed by atoms with Crippen molar-refractivity contribution in [2.24, 2.45) is 0 Å². The van der Waals surface area contributed by atoms with Gasteiger partial charge in [0, 0.05) is 12.3 Å². The van der Waals surface area contributed by atoms with E-state index in [1.54, 1.807) is 24.1 Å². The number of benzene rings is 2.